The minimum atomic E-state index is -0.557. The van der Waals surface area contributed by atoms with Gasteiger partial charge in [0.1, 0.15) is 11.6 Å². The summed E-state index contributed by atoms with van der Waals surface area (Å²) in [7, 11) is 1.91. The number of nitrogens with zero attached hydrogens (tertiary/aromatic N) is 2. The van der Waals surface area contributed by atoms with E-state index in [9.17, 15) is 8.78 Å². The summed E-state index contributed by atoms with van der Waals surface area (Å²) >= 11 is 0. The first-order valence-electron chi connectivity index (χ1n) is 6.46. The second-order valence-electron chi connectivity index (χ2n) is 5.23. The fourth-order valence-corrected chi connectivity index (χ4v) is 1.86. The Labute approximate surface area is 113 Å². The van der Waals surface area contributed by atoms with Crippen LogP contribution < -0.4 is 0 Å². The number of benzene rings is 1. The molecule has 0 amide bonds. The van der Waals surface area contributed by atoms with Crippen molar-refractivity contribution in [2.24, 2.45) is 11.8 Å². The van der Waals surface area contributed by atoms with E-state index in [0.717, 1.165) is 6.07 Å². The molecule has 1 aromatic carbocycles. The summed E-state index contributed by atoms with van der Waals surface area (Å²) in [6.45, 7) is 5.34. The summed E-state index contributed by atoms with van der Waals surface area (Å²) in [5, 5.41) is 9.03. The molecule has 1 aromatic rings. The van der Waals surface area contributed by atoms with Gasteiger partial charge in [-0.3, -0.25) is 0 Å². The third-order valence-electron chi connectivity index (χ3n) is 3.26. The van der Waals surface area contributed by atoms with Crippen LogP contribution in [0, 0.1) is 34.8 Å². The molecule has 0 radical (unpaired) electrons. The van der Waals surface area contributed by atoms with Gasteiger partial charge in [0.25, 0.3) is 0 Å². The first-order valence-corrected chi connectivity index (χ1v) is 6.46. The Kier molecular flexibility index (Phi) is 5.91. The Bertz CT molecular complexity index is 452. The van der Waals surface area contributed by atoms with Crippen molar-refractivity contribution in [2.45, 2.75) is 20.3 Å². The van der Waals surface area contributed by atoms with Crippen LogP contribution in [0.3, 0.4) is 0 Å². The van der Waals surface area contributed by atoms with Crippen molar-refractivity contribution >= 4 is 0 Å². The summed E-state index contributed by atoms with van der Waals surface area (Å²) in [4.78, 5) is 2.01. The van der Waals surface area contributed by atoms with Gasteiger partial charge in [-0.2, -0.15) is 5.26 Å². The normalized spacial score (nSPS) is 12.7. The van der Waals surface area contributed by atoms with E-state index in [2.05, 4.69) is 6.07 Å². The lowest BCUT2D eigenvalue weighted by molar-refractivity contribution is 0.274. The van der Waals surface area contributed by atoms with Crippen LogP contribution in [0.4, 0.5) is 8.78 Å². The van der Waals surface area contributed by atoms with Crippen molar-refractivity contribution in [3.8, 4) is 6.07 Å². The van der Waals surface area contributed by atoms with Gasteiger partial charge in [0, 0.05) is 19.2 Å². The summed E-state index contributed by atoms with van der Waals surface area (Å²) < 4.78 is 26.2. The summed E-state index contributed by atoms with van der Waals surface area (Å²) in [5.41, 5.74) is 0.506. The highest BCUT2D eigenvalue weighted by Crippen LogP contribution is 2.13. The molecule has 0 aliphatic rings. The second kappa shape index (κ2) is 7.20. The number of halogens is 2. The summed E-state index contributed by atoms with van der Waals surface area (Å²) in [6.07, 6.45) is 0.513. The van der Waals surface area contributed by atoms with Crippen LogP contribution in [0.5, 0.6) is 0 Å². The quantitative estimate of drug-likeness (QED) is 0.790. The molecule has 0 aromatic heterocycles. The van der Waals surface area contributed by atoms with Crippen LogP contribution in [0.15, 0.2) is 18.2 Å². The smallest absolute Gasteiger partial charge is 0.129 e. The van der Waals surface area contributed by atoms with E-state index in [1.807, 2.05) is 25.8 Å². The molecule has 4 heteroatoms. The Morgan fingerprint density at radius 2 is 2.00 bits per heavy atom. The van der Waals surface area contributed by atoms with Crippen molar-refractivity contribution in [3.05, 3.63) is 35.4 Å². The van der Waals surface area contributed by atoms with Crippen LogP contribution in [0.25, 0.3) is 0 Å². The zero-order valence-corrected chi connectivity index (χ0v) is 11.7. The number of hydrogen-bond acceptors (Lipinski definition) is 2. The first-order chi connectivity index (χ1) is 8.93. The topological polar surface area (TPSA) is 27.0 Å². The van der Waals surface area contributed by atoms with Gasteiger partial charge in [-0.05, 0) is 31.0 Å². The molecule has 2 nitrogen and oxygen atoms in total. The predicted octanol–water partition coefficient (Wildman–Crippen LogP) is 3.23. The summed E-state index contributed by atoms with van der Waals surface area (Å²) in [6, 6.07) is 5.93. The third-order valence-corrected chi connectivity index (χ3v) is 3.26. The van der Waals surface area contributed by atoms with Gasteiger partial charge in [0.15, 0.2) is 0 Å². The van der Waals surface area contributed by atoms with Crippen molar-refractivity contribution < 1.29 is 8.78 Å². The molecule has 0 N–H and O–H groups in total. The Balaban J connectivity index is 2.50. The molecule has 1 unspecified atom stereocenters. The maximum atomic E-state index is 13.4. The molecule has 0 spiro atoms. The molecule has 104 valence electrons. The van der Waals surface area contributed by atoms with Gasteiger partial charge >= 0.3 is 0 Å². The van der Waals surface area contributed by atoms with Crippen molar-refractivity contribution in [1.82, 2.24) is 4.90 Å². The van der Waals surface area contributed by atoms with Crippen LogP contribution in [-0.4, -0.2) is 25.0 Å². The maximum absolute atomic E-state index is 13.4. The van der Waals surface area contributed by atoms with Crippen LogP contribution in [-0.2, 0) is 6.42 Å². The van der Waals surface area contributed by atoms with E-state index in [0.29, 0.717) is 31.0 Å². The number of rotatable bonds is 6. The van der Waals surface area contributed by atoms with Gasteiger partial charge in [0.2, 0.25) is 0 Å². The molecular formula is C15H20F2N2. The minimum Gasteiger partial charge on any atom is -0.305 e. The molecule has 19 heavy (non-hydrogen) atoms. The molecule has 1 atom stereocenters. The molecule has 0 bridgehead atoms. The Morgan fingerprint density at radius 3 is 2.53 bits per heavy atom. The average molecular weight is 266 g/mol. The van der Waals surface area contributed by atoms with Gasteiger partial charge in [-0.25, -0.2) is 8.78 Å². The Morgan fingerprint density at radius 1 is 1.32 bits per heavy atom. The molecule has 0 saturated heterocycles. The molecule has 0 aliphatic heterocycles. The van der Waals surface area contributed by atoms with E-state index >= 15 is 0 Å². The molecule has 0 saturated carbocycles. The molecule has 0 heterocycles. The highest BCUT2D eigenvalue weighted by molar-refractivity contribution is 5.18. The van der Waals surface area contributed by atoms with Crippen molar-refractivity contribution in [3.63, 3.8) is 0 Å². The lowest BCUT2D eigenvalue weighted by Crippen LogP contribution is -2.29. The van der Waals surface area contributed by atoms with Crippen molar-refractivity contribution in [2.75, 3.05) is 20.1 Å². The minimum absolute atomic E-state index is 0.0249. The SMILES string of the molecule is CC(C)C(C#N)CN(C)CCc1ccc(F)cc1F. The van der Waals surface area contributed by atoms with E-state index in [1.54, 1.807) is 0 Å². The molecule has 0 fully saturated rings. The van der Waals surface area contributed by atoms with Crippen LogP contribution in [0.1, 0.15) is 19.4 Å². The zero-order chi connectivity index (χ0) is 14.4. The predicted molar refractivity (Wildman–Crippen MR) is 71.5 cm³/mol. The second-order valence-corrected chi connectivity index (χ2v) is 5.23. The van der Waals surface area contributed by atoms with Gasteiger partial charge in [-0.1, -0.05) is 19.9 Å². The van der Waals surface area contributed by atoms with E-state index in [4.69, 9.17) is 5.26 Å². The molecular weight excluding hydrogens is 246 g/mol. The zero-order valence-electron chi connectivity index (χ0n) is 11.7. The molecule has 0 aliphatic carbocycles. The Hall–Kier alpha value is -1.47. The highest BCUT2D eigenvalue weighted by Gasteiger charge is 2.15. The lowest BCUT2D eigenvalue weighted by atomic mass is 9.97. The standard InChI is InChI=1S/C15H20F2N2/c1-11(2)13(9-18)10-19(3)7-6-12-4-5-14(16)8-15(12)17/h4-5,8,11,13H,6-7,10H2,1-3H3. The molecule has 1 rings (SSSR count). The summed E-state index contributed by atoms with van der Waals surface area (Å²) in [5.74, 6) is -0.786. The highest BCUT2D eigenvalue weighted by atomic mass is 19.1. The van der Waals surface area contributed by atoms with Crippen LogP contribution >= 0.6 is 0 Å². The third kappa shape index (κ3) is 4.96. The maximum Gasteiger partial charge on any atom is 0.129 e. The number of likely N-dealkylation sites (N-methyl/N-ethyl adjacent to an activating group) is 1. The van der Waals surface area contributed by atoms with Crippen molar-refractivity contribution in [1.29, 1.82) is 5.26 Å². The van der Waals surface area contributed by atoms with Gasteiger partial charge in [0.05, 0.1) is 12.0 Å². The lowest BCUT2D eigenvalue weighted by Gasteiger charge is -2.22. The van der Waals surface area contributed by atoms with E-state index < -0.39 is 11.6 Å². The largest absolute Gasteiger partial charge is 0.305 e. The monoisotopic (exact) mass is 266 g/mol. The van der Waals surface area contributed by atoms with E-state index in [-0.39, 0.29) is 5.92 Å². The van der Waals surface area contributed by atoms with Gasteiger partial charge in [-0.15, -0.1) is 0 Å². The van der Waals surface area contributed by atoms with Gasteiger partial charge < -0.3 is 4.90 Å². The fraction of sp³-hybridized carbons (Fsp3) is 0.533. The number of nitriles is 1. The number of hydrogen-bond donors (Lipinski definition) is 0. The average Bonchev–Trinajstić information content (AvgIpc) is 2.34. The fourth-order valence-electron chi connectivity index (χ4n) is 1.86. The van der Waals surface area contributed by atoms with E-state index in [1.165, 1.54) is 12.1 Å². The first kappa shape index (κ1) is 15.6. The van der Waals surface area contributed by atoms with Crippen LogP contribution in [0.2, 0.25) is 0 Å².